The minimum absolute atomic E-state index is 0.0133. The normalized spacial score (nSPS) is 14.5. The van der Waals surface area contributed by atoms with E-state index in [-0.39, 0.29) is 5.91 Å². The van der Waals surface area contributed by atoms with Gasteiger partial charge in [0.25, 0.3) is 0 Å². The molecule has 0 unspecified atom stereocenters. The first-order valence-corrected chi connectivity index (χ1v) is 8.53. The predicted octanol–water partition coefficient (Wildman–Crippen LogP) is 3.07. The molecule has 0 aromatic heterocycles. The monoisotopic (exact) mass is 343 g/mol. The van der Waals surface area contributed by atoms with Crippen LogP contribution in [0.5, 0.6) is 11.5 Å². The van der Waals surface area contributed by atoms with E-state index in [1.54, 1.807) is 12.1 Å². The number of carbonyl (C=O) groups excluding carboxylic acids is 1. The van der Waals surface area contributed by atoms with Crippen molar-refractivity contribution in [3.63, 3.8) is 0 Å². The topological polar surface area (TPSA) is 47.6 Å². The molecule has 0 saturated carbocycles. The molecule has 0 radical (unpaired) electrons. The number of hydrogen-bond donors (Lipinski definition) is 1. The van der Waals surface area contributed by atoms with Crippen LogP contribution in [0, 0.1) is 0 Å². The first-order chi connectivity index (χ1) is 11.7. The maximum atomic E-state index is 12.3. The molecule has 0 bridgehead atoms. The molecule has 2 aromatic carbocycles. The standard InChI is InChI=1S/C19H18ClNO3/c20-14-3-1-12(2-4-14)9-18(22)21-11-16-15-6-8-23-17(15)10-13-5-7-24-19(13)16/h1-4,10H,5-9,11H2,(H,21,22). The maximum absolute atomic E-state index is 12.3. The highest BCUT2D eigenvalue weighted by Crippen LogP contribution is 2.40. The van der Waals surface area contributed by atoms with Gasteiger partial charge in [0.05, 0.1) is 19.6 Å². The van der Waals surface area contributed by atoms with Gasteiger partial charge in [-0.05, 0) is 23.8 Å². The smallest absolute Gasteiger partial charge is 0.224 e. The van der Waals surface area contributed by atoms with Crippen LogP contribution in [-0.2, 0) is 30.6 Å². The zero-order chi connectivity index (χ0) is 16.5. The third kappa shape index (κ3) is 2.94. The third-order valence-electron chi connectivity index (χ3n) is 4.50. The van der Waals surface area contributed by atoms with Crippen molar-refractivity contribution in [2.24, 2.45) is 0 Å². The van der Waals surface area contributed by atoms with Crippen molar-refractivity contribution < 1.29 is 14.3 Å². The minimum Gasteiger partial charge on any atom is -0.493 e. The quantitative estimate of drug-likeness (QED) is 0.928. The van der Waals surface area contributed by atoms with E-state index in [1.165, 1.54) is 11.1 Å². The molecule has 0 saturated heterocycles. The lowest BCUT2D eigenvalue weighted by atomic mass is 9.99. The van der Waals surface area contributed by atoms with Gasteiger partial charge in [-0.25, -0.2) is 0 Å². The van der Waals surface area contributed by atoms with Gasteiger partial charge in [-0.15, -0.1) is 0 Å². The zero-order valence-electron chi connectivity index (χ0n) is 13.2. The Kier molecular flexibility index (Phi) is 4.07. The van der Waals surface area contributed by atoms with E-state index in [2.05, 4.69) is 11.4 Å². The van der Waals surface area contributed by atoms with Gasteiger partial charge in [0, 0.05) is 41.1 Å². The second-order valence-electron chi connectivity index (χ2n) is 6.10. The molecule has 2 aliphatic rings. The van der Waals surface area contributed by atoms with Crippen LogP contribution < -0.4 is 14.8 Å². The first kappa shape index (κ1) is 15.3. The molecule has 5 heteroatoms. The number of benzene rings is 2. The van der Waals surface area contributed by atoms with Gasteiger partial charge in [0.1, 0.15) is 11.5 Å². The van der Waals surface area contributed by atoms with Gasteiger partial charge in [-0.1, -0.05) is 23.7 Å². The van der Waals surface area contributed by atoms with Crippen LogP contribution in [0.25, 0.3) is 0 Å². The van der Waals surface area contributed by atoms with Crippen LogP contribution in [0.1, 0.15) is 22.3 Å². The summed E-state index contributed by atoms with van der Waals surface area (Å²) in [5, 5.41) is 3.69. The van der Waals surface area contributed by atoms with E-state index in [1.807, 2.05) is 12.1 Å². The number of halogens is 1. The number of hydrogen-bond acceptors (Lipinski definition) is 3. The molecule has 4 rings (SSSR count). The molecule has 4 nitrogen and oxygen atoms in total. The second-order valence-corrected chi connectivity index (χ2v) is 6.53. The Morgan fingerprint density at radius 1 is 1.12 bits per heavy atom. The number of carbonyl (C=O) groups is 1. The Hall–Kier alpha value is -2.20. The number of rotatable bonds is 4. The third-order valence-corrected chi connectivity index (χ3v) is 4.75. The van der Waals surface area contributed by atoms with E-state index in [4.69, 9.17) is 21.1 Å². The number of nitrogens with one attached hydrogen (secondary N) is 1. The summed E-state index contributed by atoms with van der Waals surface area (Å²) in [6.45, 7) is 1.87. The number of ether oxygens (including phenoxy) is 2. The van der Waals surface area contributed by atoms with Gasteiger partial charge < -0.3 is 14.8 Å². The van der Waals surface area contributed by atoms with Gasteiger partial charge in [-0.3, -0.25) is 4.79 Å². The lowest BCUT2D eigenvalue weighted by Gasteiger charge is -2.14. The minimum atomic E-state index is -0.0133. The Morgan fingerprint density at radius 3 is 2.75 bits per heavy atom. The summed E-state index contributed by atoms with van der Waals surface area (Å²) < 4.78 is 11.5. The summed E-state index contributed by atoms with van der Waals surface area (Å²) in [7, 11) is 0. The summed E-state index contributed by atoms with van der Waals surface area (Å²) in [6, 6.07) is 9.43. The lowest BCUT2D eigenvalue weighted by molar-refractivity contribution is -0.120. The highest BCUT2D eigenvalue weighted by molar-refractivity contribution is 6.30. The van der Waals surface area contributed by atoms with E-state index < -0.39 is 0 Å². The molecule has 24 heavy (non-hydrogen) atoms. The molecule has 0 spiro atoms. The number of amides is 1. The van der Waals surface area contributed by atoms with Crippen molar-refractivity contribution in [3.8, 4) is 11.5 Å². The second kappa shape index (κ2) is 6.36. The Labute approximate surface area is 145 Å². The van der Waals surface area contributed by atoms with Crippen LogP contribution in [-0.4, -0.2) is 19.1 Å². The summed E-state index contributed by atoms with van der Waals surface area (Å²) in [4.78, 5) is 12.3. The highest BCUT2D eigenvalue weighted by Gasteiger charge is 2.26. The molecule has 1 N–H and O–H groups in total. The van der Waals surface area contributed by atoms with Crippen LogP contribution in [0.4, 0.5) is 0 Å². The van der Waals surface area contributed by atoms with Crippen LogP contribution in [0.2, 0.25) is 5.02 Å². The molecule has 2 heterocycles. The Bertz CT molecular complexity index is 754. The van der Waals surface area contributed by atoms with E-state index >= 15 is 0 Å². The summed E-state index contributed by atoms with van der Waals surface area (Å²) >= 11 is 5.87. The van der Waals surface area contributed by atoms with Crippen LogP contribution >= 0.6 is 11.6 Å². The summed E-state index contributed by atoms with van der Waals surface area (Å²) in [6.07, 6.45) is 2.11. The average molecular weight is 344 g/mol. The van der Waals surface area contributed by atoms with Crippen molar-refractivity contribution in [2.45, 2.75) is 25.8 Å². The van der Waals surface area contributed by atoms with Crippen molar-refractivity contribution in [1.29, 1.82) is 0 Å². The predicted molar refractivity (Wildman–Crippen MR) is 91.8 cm³/mol. The number of fused-ring (bicyclic) bond motifs is 2. The van der Waals surface area contributed by atoms with Gasteiger partial charge in [0.2, 0.25) is 5.91 Å². The maximum Gasteiger partial charge on any atom is 0.224 e. The molecular weight excluding hydrogens is 326 g/mol. The van der Waals surface area contributed by atoms with Crippen molar-refractivity contribution in [1.82, 2.24) is 5.32 Å². The summed E-state index contributed by atoms with van der Waals surface area (Å²) in [5.74, 6) is 1.87. The zero-order valence-corrected chi connectivity index (χ0v) is 14.0. The van der Waals surface area contributed by atoms with Crippen molar-refractivity contribution in [2.75, 3.05) is 13.2 Å². The summed E-state index contributed by atoms with van der Waals surface area (Å²) in [5.41, 5.74) is 4.36. The fourth-order valence-corrected chi connectivity index (χ4v) is 3.44. The van der Waals surface area contributed by atoms with E-state index in [9.17, 15) is 4.79 Å². The lowest BCUT2D eigenvalue weighted by Crippen LogP contribution is -2.25. The molecule has 0 fully saturated rings. The molecular formula is C19H18ClNO3. The van der Waals surface area contributed by atoms with E-state index in [0.29, 0.717) is 31.2 Å². The Balaban J connectivity index is 1.48. The molecule has 1 amide bonds. The Morgan fingerprint density at radius 2 is 1.92 bits per heavy atom. The van der Waals surface area contributed by atoms with Gasteiger partial charge in [-0.2, -0.15) is 0 Å². The van der Waals surface area contributed by atoms with Crippen molar-refractivity contribution in [3.05, 3.63) is 57.6 Å². The van der Waals surface area contributed by atoms with Gasteiger partial charge >= 0.3 is 0 Å². The van der Waals surface area contributed by atoms with Gasteiger partial charge in [0.15, 0.2) is 0 Å². The molecule has 0 atom stereocenters. The molecule has 124 valence electrons. The fraction of sp³-hybridized carbons (Fsp3) is 0.316. The molecule has 0 aliphatic carbocycles. The molecule has 2 aliphatic heterocycles. The highest BCUT2D eigenvalue weighted by atomic mass is 35.5. The SMILES string of the molecule is O=C(Cc1ccc(Cl)cc1)NCc1c2c(cc3c1OCC3)OCC2. The average Bonchev–Trinajstić information content (AvgIpc) is 3.22. The van der Waals surface area contributed by atoms with Crippen LogP contribution in [0.3, 0.4) is 0 Å². The van der Waals surface area contributed by atoms with E-state index in [0.717, 1.165) is 35.5 Å². The molecule has 2 aromatic rings. The fourth-order valence-electron chi connectivity index (χ4n) is 3.31. The largest absolute Gasteiger partial charge is 0.493 e. The first-order valence-electron chi connectivity index (χ1n) is 8.15. The van der Waals surface area contributed by atoms with Crippen molar-refractivity contribution >= 4 is 17.5 Å². The van der Waals surface area contributed by atoms with Crippen LogP contribution in [0.15, 0.2) is 30.3 Å².